The van der Waals surface area contributed by atoms with Crippen molar-refractivity contribution in [1.29, 1.82) is 0 Å². The topological polar surface area (TPSA) is 73.3 Å². The van der Waals surface area contributed by atoms with Crippen LogP contribution in [0.1, 0.15) is 35.2 Å². The first kappa shape index (κ1) is 21.2. The minimum atomic E-state index is -0.850. The normalized spacial score (nSPS) is 28.8. The number of rotatable bonds is 4. The monoisotopic (exact) mass is 438 g/mol. The molecule has 7 heteroatoms. The highest BCUT2D eigenvalue weighted by atomic mass is 16.7. The Balaban J connectivity index is 1.55. The summed E-state index contributed by atoms with van der Waals surface area (Å²) in [6, 6.07) is 6.40. The van der Waals surface area contributed by atoms with Gasteiger partial charge in [-0.15, -0.1) is 0 Å². The first-order chi connectivity index (χ1) is 15.4. The summed E-state index contributed by atoms with van der Waals surface area (Å²) in [6.07, 6.45) is 7.73. The average Bonchev–Trinajstić information content (AvgIpc) is 3.16. The zero-order chi connectivity index (χ0) is 22.5. The Kier molecular flexibility index (Phi) is 5.15. The number of aliphatic hydroxyl groups excluding tert-OH is 1. The van der Waals surface area contributed by atoms with Crippen molar-refractivity contribution in [3.8, 4) is 17.2 Å². The predicted octanol–water partition coefficient (Wildman–Crippen LogP) is 3.11. The molecule has 3 heterocycles. The highest BCUT2D eigenvalue weighted by Crippen LogP contribution is 2.51. The van der Waals surface area contributed by atoms with E-state index in [4.69, 9.17) is 18.9 Å². The Morgan fingerprint density at radius 3 is 2.78 bits per heavy atom. The summed E-state index contributed by atoms with van der Waals surface area (Å²) in [7, 11) is 5.48. The van der Waals surface area contributed by atoms with Gasteiger partial charge in [-0.05, 0) is 50.7 Å². The maximum Gasteiger partial charge on any atom is 0.232 e. The number of likely N-dealkylation sites (N-methyl/N-ethyl adjacent to an activating group) is 1. The molecule has 7 nitrogen and oxygen atoms in total. The zero-order valence-corrected chi connectivity index (χ0v) is 19.1. The van der Waals surface area contributed by atoms with E-state index in [-0.39, 0.29) is 18.1 Å². The van der Waals surface area contributed by atoms with E-state index in [1.807, 2.05) is 13.0 Å². The summed E-state index contributed by atoms with van der Waals surface area (Å²) in [5, 5.41) is 9.69. The van der Waals surface area contributed by atoms with Crippen molar-refractivity contribution in [1.82, 2.24) is 9.88 Å². The van der Waals surface area contributed by atoms with E-state index in [0.717, 1.165) is 47.0 Å². The maximum absolute atomic E-state index is 9.69. The van der Waals surface area contributed by atoms with Gasteiger partial charge in [-0.2, -0.15) is 0 Å². The van der Waals surface area contributed by atoms with Crippen LogP contribution in [-0.4, -0.2) is 54.6 Å². The van der Waals surface area contributed by atoms with Crippen LogP contribution in [0.25, 0.3) is 0 Å². The van der Waals surface area contributed by atoms with Crippen LogP contribution in [0, 0.1) is 6.92 Å². The molecule has 3 aliphatic rings. The molecule has 1 aromatic carbocycles. The number of pyridine rings is 1. The van der Waals surface area contributed by atoms with Crippen LogP contribution in [0.15, 0.2) is 36.5 Å². The van der Waals surface area contributed by atoms with Crippen molar-refractivity contribution >= 4 is 0 Å². The number of nitrogens with zero attached hydrogens (tertiary/aromatic N) is 2. The fraction of sp³-hybridized carbons (Fsp3) is 0.480. The Morgan fingerprint density at radius 2 is 2.03 bits per heavy atom. The number of methoxy groups -OCH3 is 2. The van der Waals surface area contributed by atoms with Crippen LogP contribution in [0.4, 0.5) is 0 Å². The second-order valence-electron chi connectivity index (χ2n) is 8.93. The molecule has 1 unspecified atom stereocenters. The molecule has 0 amide bonds. The lowest BCUT2D eigenvalue weighted by molar-refractivity contribution is -0.188. The van der Waals surface area contributed by atoms with Crippen molar-refractivity contribution in [3.05, 3.63) is 58.9 Å². The maximum atomic E-state index is 9.69. The molecule has 2 aromatic rings. The second kappa shape index (κ2) is 7.76. The molecule has 2 aliphatic heterocycles. The Hall–Kier alpha value is -2.61. The minimum Gasteiger partial charge on any atom is -0.493 e. The molecular formula is C25H30N2O5. The van der Waals surface area contributed by atoms with Crippen LogP contribution in [0.5, 0.6) is 17.2 Å². The number of likely N-dealkylation sites (tertiary alicyclic amines) is 1. The summed E-state index contributed by atoms with van der Waals surface area (Å²) < 4.78 is 23.9. The average molecular weight is 439 g/mol. The van der Waals surface area contributed by atoms with E-state index < -0.39 is 5.79 Å². The number of aliphatic hydroxyl groups is 1. The highest BCUT2D eigenvalue weighted by molar-refractivity contribution is 5.50. The third kappa shape index (κ3) is 3.10. The Bertz CT molecular complexity index is 1070. The van der Waals surface area contributed by atoms with Gasteiger partial charge in [0.05, 0.1) is 33.1 Å². The van der Waals surface area contributed by atoms with Gasteiger partial charge in [0.2, 0.25) is 5.79 Å². The first-order valence-electron chi connectivity index (χ1n) is 11.0. The lowest BCUT2D eigenvalue weighted by atomic mass is 9.68. The van der Waals surface area contributed by atoms with Gasteiger partial charge in [0.1, 0.15) is 0 Å². The molecule has 1 aliphatic carbocycles. The molecule has 0 radical (unpaired) electrons. The first-order valence-corrected chi connectivity index (χ1v) is 11.0. The number of ether oxygens (including phenoxy) is 4. The van der Waals surface area contributed by atoms with E-state index in [1.54, 1.807) is 20.4 Å². The molecule has 1 spiro atoms. The van der Waals surface area contributed by atoms with Gasteiger partial charge in [0, 0.05) is 35.2 Å². The number of benzene rings is 1. The van der Waals surface area contributed by atoms with E-state index in [0.29, 0.717) is 13.0 Å². The smallest absolute Gasteiger partial charge is 0.232 e. The molecular weight excluding hydrogens is 408 g/mol. The van der Waals surface area contributed by atoms with Crippen LogP contribution in [-0.2, 0) is 23.4 Å². The lowest BCUT2D eigenvalue weighted by Crippen LogP contribution is -2.53. The summed E-state index contributed by atoms with van der Waals surface area (Å²) >= 11 is 0. The summed E-state index contributed by atoms with van der Waals surface area (Å²) in [4.78, 5) is 6.81. The fourth-order valence-corrected chi connectivity index (χ4v) is 5.47. The standard InChI is InChI=1S/C25H30N2O5/c1-16-23-19(17(14-28)13-26-16)15-31-25(32-23)8-7-24(9-10-27(2)22(24)12-25)18-5-6-20(29-3)21(11-18)30-4/h5-8,11,13,22,28H,9-10,12,14-15H2,1-4H3/t22-,24-,25?/m0/s1. The van der Waals surface area contributed by atoms with Gasteiger partial charge < -0.3 is 29.0 Å². The molecule has 170 valence electrons. The minimum absolute atomic E-state index is 0.0844. The van der Waals surface area contributed by atoms with Crippen molar-refractivity contribution in [2.24, 2.45) is 0 Å². The van der Waals surface area contributed by atoms with Gasteiger partial charge >= 0.3 is 0 Å². The van der Waals surface area contributed by atoms with Gasteiger partial charge in [-0.3, -0.25) is 4.98 Å². The van der Waals surface area contributed by atoms with E-state index >= 15 is 0 Å². The highest BCUT2D eigenvalue weighted by Gasteiger charge is 2.54. The molecule has 3 atom stereocenters. The molecule has 0 saturated carbocycles. The molecule has 1 saturated heterocycles. The van der Waals surface area contributed by atoms with Crippen LogP contribution >= 0.6 is 0 Å². The third-order valence-electron chi connectivity index (χ3n) is 7.35. The lowest BCUT2D eigenvalue weighted by Gasteiger charge is -2.47. The number of aryl methyl sites for hydroxylation is 1. The van der Waals surface area contributed by atoms with E-state index in [1.165, 1.54) is 5.56 Å². The molecule has 5 rings (SSSR count). The van der Waals surface area contributed by atoms with Crippen LogP contribution < -0.4 is 14.2 Å². The number of hydrogen-bond acceptors (Lipinski definition) is 7. The van der Waals surface area contributed by atoms with Crippen molar-refractivity contribution in [2.75, 3.05) is 27.8 Å². The molecule has 1 aromatic heterocycles. The van der Waals surface area contributed by atoms with Gasteiger partial charge in [-0.25, -0.2) is 0 Å². The zero-order valence-electron chi connectivity index (χ0n) is 19.1. The molecule has 0 bridgehead atoms. The third-order valence-corrected chi connectivity index (χ3v) is 7.35. The van der Waals surface area contributed by atoms with Gasteiger partial charge in [0.25, 0.3) is 0 Å². The van der Waals surface area contributed by atoms with Crippen LogP contribution in [0.2, 0.25) is 0 Å². The number of aromatic nitrogens is 1. The van der Waals surface area contributed by atoms with Crippen molar-refractivity contribution in [2.45, 2.75) is 50.2 Å². The van der Waals surface area contributed by atoms with Crippen LogP contribution in [0.3, 0.4) is 0 Å². The largest absolute Gasteiger partial charge is 0.493 e. The quantitative estimate of drug-likeness (QED) is 0.736. The second-order valence-corrected chi connectivity index (χ2v) is 8.93. The predicted molar refractivity (Wildman–Crippen MR) is 119 cm³/mol. The Labute approximate surface area is 188 Å². The Morgan fingerprint density at radius 1 is 1.22 bits per heavy atom. The molecule has 32 heavy (non-hydrogen) atoms. The summed E-state index contributed by atoms with van der Waals surface area (Å²) in [6.45, 7) is 3.21. The fourth-order valence-electron chi connectivity index (χ4n) is 5.47. The number of hydrogen-bond donors (Lipinski definition) is 1. The molecule has 1 fully saturated rings. The summed E-state index contributed by atoms with van der Waals surface area (Å²) in [5.74, 6) is 1.34. The van der Waals surface area contributed by atoms with Crippen molar-refractivity contribution in [3.63, 3.8) is 0 Å². The summed E-state index contributed by atoms with van der Waals surface area (Å²) in [5.41, 5.74) is 3.48. The molecule has 1 N–H and O–H groups in total. The number of fused-ring (bicyclic) bond motifs is 2. The van der Waals surface area contributed by atoms with E-state index in [9.17, 15) is 5.11 Å². The van der Waals surface area contributed by atoms with Crippen molar-refractivity contribution < 1.29 is 24.1 Å². The van der Waals surface area contributed by atoms with Gasteiger partial charge in [0.15, 0.2) is 17.2 Å². The SMILES string of the molecule is COc1ccc([C@@]23C=CC4(C[C@@H]2N(C)CC3)OCc2c(CO)cnc(C)c2O4)cc1OC. The van der Waals surface area contributed by atoms with Gasteiger partial charge in [-0.1, -0.05) is 12.1 Å². The van der Waals surface area contributed by atoms with E-state index in [2.05, 4.69) is 41.2 Å².